The van der Waals surface area contributed by atoms with Crippen LogP contribution < -0.4 is 0 Å². The van der Waals surface area contributed by atoms with Gasteiger partial charge in [-0.1, -0.05) is 48.5 Å². The Hall–Kier alpha value is -2.17. The molecule has 0 bridgehead atoms. The first kappa shape index (κ1) is 17.6. The first-order chi connectivity index (χ1) is 12.2. The zero-order valence-corrected chi connectivity index (χ0v) is 14.6. The van der Waals surface area contributed by atoms with E-state index in [-0.39, 0.29) is 11.8 Å². The summed E-state index contributed by atoms with van der Waals surface area (Å²) < 4.78 is 5.20. The van der Waals surface area contributed by atoms with Crippen LogP contribution in [0.1, 0.15) is 40.4 Å². The van der Waals surface area contributed by atoms with Crippen LogP contribution in [0.3, 0.4) is 0 Å². The predicted molar refractivity (Wildman–Crippen MR) is 97.2 cm³/mol. The van der Waals surface area contributed by atoms with Gasteiger partial charge in [-0.05, 0) is 36.0 Å². The number of benzene rings is 2. The molecule has 0 saturated carbocycles. The lowest BCUT2D eigenvalue weighted by Crippen LogP contribution is -2.40. The molecule has 0 aliphatic carbocycles. The van der Waals surface area contributed by atoms with E-state index in [2.05, 4.69) is 0 Å². The number of likely N-dealkylation sites (tertiary alicyclic amines) is 1. The normalized spacial score (nSPS) is 16.6. The molecule has 1 saturated heterocycles. The fraction of sp³-hybridized carbons (Fsp3) is 0.381. The second-order valence-electron chi connectivity index (χ2n) is 6.58. The quantitative estimate of drug-likeness (QED) is 0.908. The lowest BCUT2D eigenvalue weighted by Gasteiger charge is -2.34. The molecule has 0 radical (unpaired) electrons. The van der Waals surface area contributed by atoms with Gasteiger partial charge in [0.2, 0.25) is 0 Å². The first-order valence-corrected chi connectivity index (χ1v) is 8.80. The van der Waals surface area contributed by atoms with Crippen LogP contribution >= 0.6 is 0 Å². The van der Waals surface area contributed by atoms with E-state index in [1.54, 1.807) is 7.11 Å². The SMILES string of the molecule is COCc1ccccc1C(=O)N1CCC(C(O)c2ccccc2)CC1. The number of nitrogens with zero attached hydrogens (tertiary/aromatic N) is 1. The Labute approximate surface area is 149 Å². The van der Waals surface area contributed by atoms with E-state index in [0.29, 0.717) is 25.3 Å². The van der Waals surface area contributed by atoms with E-state index in [1.165, 1.54) is 0 Å². The van der Waals surface area contributed by atoms with Crippen LogP contribution in [-0.2, 0) is 11.3 Å². The van der Waals surface area contributed by atoms with Gasteiger partial charge in [-0.25, -0.2) is 0 Å². The Morgan fingerprint density at radius 3 is 2.44 bits per heavy atom. The number of carbonyl (C=O) groups excluding carboxylic acids is 1. The summed E-state index contributed by atoms with van der Waals surface area (Å²) in [5, 5.41) is 10.6. The summed E-state index contributed by atoms with van der Waals surface area (Å²) in [5.41, 5.74) is 2.59. The van der Waals surface area contributed by atoms with Crippen LogP contribution in [0, 0.1) is 5.92 Å². The Morgan fingerprint density at radius 1 is 1.12 bits per heavy atom. The second kappa shape index (κ2) is 8.28. The highest BCUT2D eigenvalue weighted by Gasteiger charge is 2.29. The van der Waals surface area contributed by atoms with Crippen molar-refractivity contribution in [1.29, 1.82) is 0 Å². The maximum Gasteiger partial charge on any atom is 0.254 e. The summed E-state index contributed by atoms with van der Waals surface area (Å²) >= 11 is 0. The Bertz CT molecular complexity index is 693. The molecular formula is C21H25NO3. The highest BCUT2D eigenvalue weighted by Crippen LogP contribution is 2.31. The number of hydrogen-bond acceptors (Lipinski definition) is 3. The molecule has 2 aromatic rings. The van der Waals surface area contributed by atoms with Crippen molar-refractivity contribution in [1.82, 2.24) is 4.90 Å². The third-order valence-corrected chi connectivity index (χ3v) is 4.96. The molecule has 1 amide bonds. The fourth-order valence-corrected chi connectivity index (χ4v) is 3.52. The molecule has 1 heterocycles. The fourth-order valence-electron chi connectivity index (χ4n) is 3.52. The molecule has 0 spiro atoms. The van der Waals surface area contributed by atoms with Crippen LogP contribution in [0.4, 0.5) is 0 Å². The largest absolute Gasteiger partial charge is 0.388 e. The maximum atomic E-state index is 12.8. The van der Waals surface area contributed by atoms with E-state index in [1.807, 2.05) is 59.5 Å². The van der Waals surface area contributed by atoms with Gasteiger partial charge in [0.25, 0.3) is 5.91 Å². The Morgan fingerprint density at radius 2 is 1.76 bits per heavy atom. The molecule has 132 valence electrons. The monoisotopic (exact) mass is 339 g/mol. The van der Waals surface area contributed by atoms with E-state index in [4.69, 9.17) is 4.74 Å². The summed E-state index contributed by atoms with van der Waals surface area (Å²) in [6.07, 6.45) is 1.17. The Kier molecular flexibility index (Phi) is 5.84. The van der Waals surface area contributed by atoms with E-state index in [0.717, 1.165) is 24.0 Å². The van der Waals surface area contributed by atoms with Crippen molar-refractivity contribution in [3.63, 3.8) is 0 Å². The summed E-state index contributed by atoms with van der Waals surface area (Å²) in [4.78, 5) is 14.7. The van der Waals surface area contributed by atoms with Crippen molar-refractivity contribution < 1.29 is 14.6 Å². The minimum atomic E-state index is -0.459. The number of carbonyl (C=O) groups is 1. The average molecular weight is 339 g/mol. The molecule has 1 unspecified atom stereocenters. The zero-order chi connectivity index (χ0) is 17.6. The molecule has 3 rings (SSSR count). The Balaban J connectivity index is 1.63. The summed E-state index contributed by atoms with van der Waals surface area (Å²) in [7, 11) is 1.64. The summed E-state index contributed by atoms with van der Waals surface area (Å²) in [6, 6.07) is 17.4. The predicted octanol–water partition coefficient (Wildman–Crippen LogP) is 3.42. The molecule has 2 aromatic carbocycles. The van der Waals surface area contributed by atoms with Gasteiger partial charge in [-0.3, -0.25) is 4.79 Å². The van der Waals surface area contributed by atoms with Gasteiger partial charge in [0.1, 0.15) is 0 Å². The van der Waals surface area contributed by atoms with Crippen LogP contribution in [0.25, 0.3) is 0 Å². The molecule has 0 aromatic heterocycles. The van der Waals surface area contributed by atoms with Gasteiger partial charge in [0.05, 0.1) is 12.7 Å². The molecule has 1 N–H and O–H groups in total. The van der Waals surface area contributed by atoms with E-state index < -0.39 is 6.10 Å². The third kappa shape index (κ3) is 4.09. The van der Waals surface area contributed by atoms with Gasteiger partial charge in [0.15, 0.2) is 0 Å². The number of amides is 1. The van der Waals surface area contributed by atoms with Gasteiger partial charge in [0, 0.05) is 25.8 Å². The van der Waals surface area contributed by atoms with Gasteiger partial charge in [-0.15, -0.1) is 0 Å². The minimum absolute atomic E-state index is 0.0558. The average Bonchev–Trinajstić information content (AvgIpc) is 2.68. The highest BCUT2D eigenvalue weighted by atomic mass is 16.5. The third-order valence-electron chi connectivity index (χ3n) is 4.96. The number of methoxy groups -OCH3 is 1. The number of hydrogen-bond donors (Lipinski definition) is 1. The number of piperidine rings is 1. The molecular weight excluding hydrogens is 314 g/mol. The minimum Gasteiger partial charge on any atom is -0.388 e. The number of aliphatic hydroxyl groups is 1. The van der Waals surface area contributed by atoms with Gasteiger partial charge in [-0.2, -0.15) is 0 Å². The number of ether oxygens (including phenoxy) is 1. The lowest BCUT2D eigenvalue weighted by atomic mass is 9.87. The van der Waals surface area contributed by atoms with Crippen molar-refractivity contribution in [2.24, 2.45) is 5.92 Å². The van der Waals surface area contributed by atoms with Gasteiger partial charge >= 0.3 is 0 Å². The van der Waals surface area contributed by atoms with Crippen LogP contribution in [0.5, 0.6) is 0 Å². The van der Waals surface area contributed by atoms with Crippen LogP contribution in [-0.4, -0.2) is 36.1 Å². The molecule has 25 heavy (non-hydrogen) atoms. The molecule has 4 heteroatoms. The van der Waals surface area contributed by atoms with Crippen molar-refractivity contribution >= 4 is 5.91 Å². The van der Waals surface area contributed by atoms with Crippen molar-refractivity contribution in [2.75, 3.05) is 20.2 Å². The maximum absolute atomic E-state index is 12.8. The van der Waals surface area contributed by atoms with Crippen molar-refractivity contribution in [2.45, 2.75) is 25.6 Å². The number of aliphatic hydroxyl groups excluding tert-OH is 1. The zero-order valence-electron chi connectivity index (χ0n) is 14.6. The molecule has 1 aliphatic rings. The summed E-state index contributed by atoms with van der Waals surface area (Å²) in [5.74, 6) is 0.251. The van der Waals surface area contributed by atoms with Crippen molar-refractivity contribution in [3.05, 3.63) is 71.3 Å². The topological polar surface area (TPSA) is 49.8 Å². The van der Waals surface area contributed by atoms with Gasteiger partial charge < -0.3 is 14.7 Å². The van der Waals surface area contributed by atoms with Crippen molar-refractivity contribution in [3.8, 4) is 0 Å². The first-order valence-electron chi connectivity index (χ1n) is 8.80. The molecule has 4 nitrogen and oxygen atoms in total. The second-order valence-corrected chi connectivity index (χ2v) is 6.58. The summed E-state index contributed by atoms with van der Waals surface area (Å²) in [6.45, 7) is 1.79. The van der Waals surface area contributed by atoms with E-state index >= 15 is 0 Å². The highest BCUT2D eigenvalue weighted by molar-refractivity contribution is 5.95. The number of rotatable bonds is 5. The standard InChI is InChI=1S/C21H25NO3/c1-25-15-18-9-5-6-10-19(18)21(24)22-13-11-17(12-14-22)20(23)16-7-3-2-4-8-16/h2-10,17,20,23H,11-15H2,1H3. The van der Waals surface area contributed by atoms with Crippen LogP contribution in [0.2, 0.25) is 0 Å². The van der Waals surface area contributed by atoms with E-state index in [9.17, 15) is 9.90 Å². The smallest absolute Gasteiger partial charge is 0.254 e. The molecule has 1 aliphatic heterocycles. The van der Waals surface area contributed by atoms with Crippen LogP contribution in [0.15, 0.2) is 54.6 Å². The lowest BCUT2D eigenvalue weighted by molar-refractivity contribution is 0.0460. The molecule has 1 fully saturated rings. The molecule has 1 atom stereocenters.